The molecule has 0 aliphatic rings. The number of nitrogens with two attached hydrogens (primary N) is 1. The Bertz CT molecular complexity index is 819. The van der Waals surface area contributed by atoms with Crippen molar-refractivity contribution in [2.45, 2.75) is 26.9 Å². The highest BCUT2D eigenvalue weighted by Gasteiger charge is 2.09. The number of amidine groups is 1. The van der Waals surface area contributed by atoms with E-state index in [1.807, 2.05) is 36.7 Å². The van der Waals surface area contributed by atoms with Gasteiger partial charge in [0.2, 0.25) is 0 Å². The van der Waals surface area contributed by atoms with Gasteiger partial charge in [0, 0.05) is 10.8 Å². The lowest BCUT2D eigenvalue weighted by Crippen LogP contribution is -2.15. The normalized spacial score (nSPS) is 11.8. The fraction of sp³-hybridized carbons (Fsp3) is 0.267. The summed E-state index contributed by atoms with van der Waals surface area (Å²) in [5.74, 6) is 2.02. The number of thiazole rings is 2. The molecule has 0 aromatic carbocycles. The Morgan fingerprint density at radius 2 is 2.04 bits per heavy atom. The van der Waals surface area contributed by atoms with Crippen LogP contribution in [0.5, 0.6) is 0 Å². The highest BCUT2D eigenvalue weighted by Crippen LogP contribution is 2.25. The Morgan fingerprint density at radius 1 is 1.22 bits per heavy atom. The summed E-state index contributed by atoms with van der Waals surface area (Å²) in [6, 6.07) is 3.82. The minimum atomic E-state index is 0.271. The fourth-order valence-electron chi connectivity index (χ4n) is 1.92. The topological polar surface area (TPSA) is 86.5 Å². The third-order valence-corrected chi connectivity index (χ3v) is 4.65. The number of rotatable bonds is 6. The molecular formula is C15H16N4O2S2. The summed E-state index contributed by atoms with van der Waals surface area (Å²) >= 11 is 3.10. The zero-order valence-corrected chi connectivity index (χ0v) is 14.4. The maximum atomic E-state index is 5.83. The first-order chi connectivity index (χ1) is 11.1. The van der Waals surface area contributed by atoms with Crippen molar-refractivity contribution in [2.75, 3.05) is 0 Å². The molecule has 0 aliphatic heterocycles. The standard InChI is InChI=1S/C15H16N4O2S2/c1-9-3-4-13(21-9)15-18-12(8-23-15)6-20-19-14(16)5-11-7-22-10(2)17-11/h3-4,7-8H,5-6H2,1-2H3,(H2,16,19). The second-order valence-electron chi connectivity index (χ2n) is 4.94. The molecule has 0 aliphatic carbocycles. The highest BCUT2D eigenvalue weighted by molar-refractivity contribution is 7.13. The van der Waals surface area contributed by atoms with Crippen molar-refractivity contribution in [3.8, 4) is 10.8 Å². The predicted octanol–water partition coefficient (Wildman–Crippen LogP) is 3.51. The van der Waals surface area contributed by atoms with Crippen molar-refractivity contribution in [1.82, 2.24) is 9.97 Å². The van der Waals surface area contributed by atoms with Gasteiger partial charge >= 0.3 is 0 Å². The molecule has 8 heteroatoms. The largest absolute Gasteiger partial charge is 0.459 e. The van der Waals surface area contributed by atoms with Crippen LogP contribution in [0, 0.1) is 13.8 Å². The summed E-state index contributed by atoms with van der Waals surface area (Å²) in [5, 5.41) is 9.63. The van der Waals surface area contributed by atoms with Crippen LogP contribution in [0.25, 0.3) is 10.8 Å². The average Bonchev–Trinajstić information content (AvgIpc) is 3.21. The van der Waals surface area contributed by atoms with Gasteiger partial charge in [0.15, 0.2) is 17.4 Å². The maximum Gasteiger partial charge on any atom is 0.162 e. The molecule has 2 N–H and O–H groups in total. The first kappa shape index (κ1) is 15.7. The molecule has 0 saturated carbocycles. The van der Waals surface area contributed by atoms with Crippen molar-refractivity contribution in [3.63, 3.8) is 0 Å². The molecule has 0 amide bonds. The maximum absolute atomic E-state index is 5.83. The molecular weight excluding hydrogens is 332 g/mol. The van der Waals surface area contributed by atoms with Crippen molar-refractivity contribution in [1.29, 1.82) is 0 Å². The Balaban J connectivity index is 1.54. The third kappa shape index (κ3) is 4.17. The highest BCUT2D eigenvalue weighted by atomic mass is 32.1. The van der Waals surface area contributed by atoms with E-state index < -0.39 is 0 Å². The number of nitrogens with zero attached hydrogens (tertiary/aromatic N) is 3. The third-order valence-electron chi connectivity index (χ3n) is 2.93. The second kappa shape index (κ2) is 6.93. The summed E-state index contributed by atoms with van der Waals surface area (Å²) in [7, 11) is 0. The van der Waals surface area contributed by atoms with Gasteiger partial charge < -0.3 is 15.0 Å². The van der Waals surface area contributed by atoms with Crippen molar-refractivity contribution in [3.05, 3.63) is 45.0 Å². The first-order valence-corrected chi connectivity index (χ1v) is 8.72. The molecule has 6 nitrogen and oxygen atoms in total. The second-order valence-corrected chi connectivity index (χ2v) is 6.87. The zero-order valence-electron chi connectivity index (χ0n) is 12.8. The Hall–Kier alpha value is -2.19. The van der Waals surface area contributed by atoms with E-state index in [0.717, 1.165) is 32.9 Å². The van der Waals surface area contributed by atoms with E-state index in [2.05, 4.69) is 15.1 Å². The number of hydrogen-bond donors (Lipinski definition) is 1. The van der Waals surface area contributed by atoms with Gasteiger partial charge in [-0.15, -0.1) is 22.7 Å². The summed E-state index contributed by atoms with van der Waals surface area (Å²) < 4.78 is 5.55. The number of aryl methyl sites for hydroxylation is 2. The van der Waals surface area contributed by atoms with Crippen molar-refractivity contribution < 1.29 is 9.25 Å². The molecule has 23 heavy (non-hydrogen) atoms. The van der Waals surface area contributed by atoms with Crippen LogP contribution in [0.15, 0.2) is 32.5 Å². The molecule has 120 valence electrons. The van der Waals surface area contributed by atoms with Gasteiger partial charge in [-0.05, 0) is 26.0 Å². The lowest BCUT2D eigenvalue weighted by atomic mass is 10.3. The number of hydrogen-bond acceptors (Lipinski definition) is 7. The van der Waals surface area contributed by atoms with Gasteiger partial charge in [-0.1, -0.05) is 5.16 Å². The van der Waals surface area contributed by atoms with Crippen LogP contribution >= 0.6 is 22.7 Å². The molecule has 3 heterocycles. The van der Waals surface area contributed by atoms with Crippen LogP contribution < -0.4 is 5.73 Å². The van der Waals surface area contributed by atoms with E-state index >= 15 is 0 Å². The Labute approximate surface area is 141 Å². The van der Waals surface area contributed by atoms with Crippen LogP contribution in [0.1, 0.15) is 22.2 Å². The molecule has 0 saturated heterocycles. The quantitative estimate of drug-likeness (QED) is 0.418. The van der Waals surface area contributed by atoms with Gasteiger partial charge in [-0.25, -0.2) is 9.97 Å². The smallest absolute Gasteiger partial charge is 0.162 e. The van der Waals surface area contributed by atoms with Crippen LogP contribution in [-0.2, 0) is 17.9 Å². The zero-order chi connectivity index (χ0) is 16.2. The summed E-state index contributed by atoms with van der Waals surface area (Å²) in [6.07, 6.45) is 0.484. The summed E-state index contributed by atoms with van der Waals surface area (Å²) in [4.78, 5) is 14.1. The van der Waals surface area contributed by atoms with E-state index in [0.29, 0.717) is 12.3 Å². The van der Waals surface area contributed by atoms with Crippen LogP contribution in [-0.4, -0.2) is 15.8 Å². The van der Waals surface area contributed by atoms with E-state index in [4.69, 9.17) is 15.0 Å². The van der Waals surface area contributed by atoms with Crippen molar-refractivity contribution >= 4 is 28.5 Å². The SMILES string of the molecule is Cc1ccc(-c2nc(CO/N=C(\N)Cc3csc(C)n3)cs2)o1. The predicted molar refractivity (Wildman–Crippen MR) is 91.5 cm³/mol. The van der Waals surface area contributed by atoms with E-state index in [1.54, 1.807) is 11.3 Å². The average molecular weight is 348 g/mol. The van der Waals surface area contributed by atoms with Gasteiger partial charge in [-0.2, -0.15) is 0 Å². The van der Waals surface area contributed by atoms with E-state index in [-0.39, 0.29) is 6.61 Å². The molecule has 0 spiro atoms. The van der Waals surface area contributed by atoms with Gasteiger partial charge in [-0.3, -0.25) is 0 Å². The monoisotopic (exact) mass is 348 g/mol. The number of oxime groups is 1. The molecule has 0 unspecified atom stereocenters. The summed E-state index contributed by atoms with van der Waals surface area (Å²) in [5.41, 5.74) is 7.53. The number of furan rings is 1. The Morgan fingerprint density at radius 3 is 2.74 bits per heavy atom. The molecule has 3 rings (SSSR count). The first-order valence-electron chi connectivity index (χ1n) is 6.96. The molecule has 3 aromatic rings. The molecule has 3 aromatic heterocycles. The molecule has 0 radical (unpaired) electrons. The minimum absolute atomic E-state index is 0.271. The van der Waals surface area contributed by atoms with Crippen LogP contribution in [0.4, 0.5) is 0 Å². The molecule has 0 fully saturated rings. The van der Waals surface area contributed by atoms with Gasteiger partial charge in [0.1, 0.15) is 11.6 Å². The van der Waals surface area contributed by atoms with E-state index in [9.17, 15) is 0 Å². The summed E-state index contributed by atoms with van der Waals surface area (Å²) in [6.45, 7) is 4.13. The molecule has 0 bridgehead atoms. The minimum Gasteiger partial charge on any atom is -0.459 e. The Kier molecular flexibility index (Phi) is 4.73. The fourth-order valence-corrected chi connectivity index (χ4v) is 3.30. The van der Waals surface area contributed by atoms with Gasteiger partial charge in [0.25, 0.3) is 0 Å². The van der Waals surface area contributed by atoms with Crippen molar-refractivity contribution in [2.24, 2.45) is 10.9 Å². The van der Waals surface area contributed by atoms with Crippen LogP contribution in [0.2, 0.25) is 0 Å². The van der Waals surface area contributed by atoms with Gasteiger partial charge in [0.05, 0.1) is 22.8 Å². The molecule has 0 atom stereocenters. The number of aromatic nitrogens is 2. The lowest BCUT2D eigenvalue weighted by molar-refractivity contribution is 0.127. The van der Waals surface area contributed by atoms with E-state index in [1.165, 1.54) is 11.3 Å². The van der Waals surface area contributed by atoms with Crippen LogP contribution in [0.3, 0.4) is 0 Å². The lowest BCUT2D eigenvalue weighted by Gasteiger charge is -1.99.